The number of hydrogen-bond donors (Lipinski definition) is 0. The van der Waals surface area contributed by atoms with Gasteiger partial charge in [-0.05, 0) is 6.92 Å². The molecule has 0 N–H and O–H groups in total. The van der Waals surface area contributed by atoms with E-state index in [-0.39, 0.29) is 6.10 Å². The summed E-state index contributed by atoms with van der Waals surface area (Å²) in [7, 11) is 0. The van der Waals surface area contributed by atoms with Gasteiger partial charge in [0.25, 0.3) is 0 Å². The number of thiazole rings is 1. The minimum atomic E-state index is 0.00877. The zero-order valence-electron chi connectivity index (χ0n) is 11.6. The average Bonchev–Trinajstić information content (AvgIpc) is 3.15. The molecule has 108 valence electrons. The predicted molar refractivity (Wildman–Crippen MR) is 80.7 cm³/mol. The highest BCUT2D eigenvalue weighted by Crippen LogP contribution is 2.28. The fraction of sp³-hybridized carbons (Fsp3) is 0.357. The molecule has 0 spiro atoms. The molecule has 1 aliphatic heterocycles. The molecule has 0 amide bonds. The van der Waals surface area contributed by atoms with Gasteiger partial charge in [0.05, 0.1) is 13.2 Å². The normalized spacial score (nSPS) is 19.3. The Morgan fingerprint density at radius 2 is 2.14 bits per heavy atom. The molecular formula is C14H15N5OS. The Labute approximate surface area is 126 Å². The number of aromatic nitrogens is 4. The summed E-state index contributed by atoms with van der Waals surface area (Å²) in [5, 5.41) is 3.10. The van der Waals surface area contributed by atoms with Crippen molar-refractivity contribution >= 4 is 22.8 Å². The SMILES string of the molecule is Cc1csc(C2CN(c3nccn4ccnc34)CCO2)n1. The number of anilines is 1. The van der Waals surface area contributed by atoms with Gasteiger partial charge in [-0.25, -0.2) is 15.0 Å². The van der Waals surface area contributed by atoms with Crippen LogP contribution in [0.5, 0.6) is 0 Å². The van der Waals surface area contributed by atoms with Crippen molar-refractivity contribution in [1.82, 2.24) is 19.4 Å². The van der Waals surface area contributed by atoms with E-state index >= 15 is 0 Å². The Morgan fingerprint density at radius 3 is 2.95 bits per heavy atom. The summed E-state index contributed by atoms with van der Waals surface area (Å²) < 4.78 is 7.86. The van der Waals surface area contributed by atoms with Crippen LogP contribution in [0.3, 0.4) is 0 Å². The van der Waals surface area contributed by atoms with Gasteiger partial charge in [0, 0.05) is 42.4 Å². The summed E-state index contributed by atoms with van der Waals surface area (Å²) in [4.78, 5) is 15.7. The van der Waals surface area contributed by atoms with Gasteiger partial charge < -0.3 is 14.0 Å². The molecule has 0 bridgehead atoms. The number of rotatable bonds is 2. The van der Waals surface area contributed by atoms with Crippen LogP contribution < -0.4 is 4.90 Å². The van der Waals surface area contributed by atoms with Crippen molar-refractivity contribution in [3.05, 3.63) is 40.9 Å². The molecular weight excluding hydrogens is 286 g/mol. The second kappa shape index (κ2) is 5.09. The molecule has 1 saturated heterocycles. The van der Waals surface area contributed by atoms with Gasteiger partial charge in [0.15, 0.2) is 11.5 Å². The van der Waals surface area contributed by atoms with E-state index in [0.717, 1.165) is 35.3 Å². The fourth-order valence-electron chi connectivity index (χ4n) is 2.57. The third-order valence-electron chi connectivity index (χ3n) is 3.57. The van der Waals surface area contributed by atoms with Crippen LogP contribution in [0, 0.1) is 6.92 Å². The molecule has 0 radical (unpaired) electrons. The van der Waals surface area contributed by atoms with E-state index in [1.807, 2.05) is 29.9 Å². The average molecular weight is 301 g/mol. The number of ether oxygens (including phenoxy) is 1. The zero-order valence-corrected chi connectivity index (χ0v) is 12.5. The molecule has 0 saturated carbocycles. The van der Waals surface area contributed by atoms with Crippen molar-refractivity contribution in [2.75, 3.05) is 24.6 Å². The first kappa shape index (κ1) is 12.7. The van der Waals surface area contributed by atoms with E-state index in [1.54, 1.807) is 17.5 Å². The lowest BCUT2D eigenvalue weighted by Crippen LogP contribution is -2.39. The monoisotopic (exact) mass is 301 g/mol. The molecule has 4 heterocycles. The predicted octanol–water partition coefficient (Wildman–Crippen LogP) is 2.07. The maximum atomic E-state index is 5.87. The quantitative estimate of drug-likeness (QED) is 0.725. The molecule has 1 unspecified atom stereocenters. The van der Waals surface area contributed by atoms with Crippen LogP contribution in [0.2, 0.25) is 0 Å². The first-order chi connectivity index (χ1) is 10.3. The van der Waals surface area contributed by atoms with Crippen molar-refractivity contribution in [3.63, 3.8) is 0 Å². The van der Waals surface area contributed by atoms with Crippen molar-refractivity contribution in [1.29, 1.82) is 0 Å². The van der Waals surface area contributed by atoms with Crippen LogP contribution in [0.25, 0.3) is 5.65 Å². The highest BCUT2D eigenvalue weighted by atomic mass is 32.1. The van der Waals surface area contributed by atoms with Crippen LogP contribution in [0.1, 0.15) is 16.8 Å². The Balaban J connectivity index is 1.65. The first-order valence-electron chi connectivity index (χ1n) is 6.87. The largest absolute Gasteiger partial charge is 0.367 e. The summed E-state index contributed by atoms with van der Waals surface area (Å²) in [6.45, 7) is 4.26. The third kappa shape index (κ3) is 2.28. The lowest BCUT2D eigenvalue weighted by atomic mass is 10.3. The second-order valence-corrected chi connectivity index (χ2v) is 5.93. The highest BCUT2D eigenvalue weighted by molar-refractivity contribution is 7.09. The Kier molecular flexibility index (Phi) is 3.08. The molecule has 3 aromatic rings. The number of hydrogen-bond acceptors (Lipinski definition) is 6. The number of aryl methyl sites for hydroxylation is 1. The van der Waals surface area contributed by atoms with Crippen molar-refractivity contribution < 1.29 is 4.74 Å². The summed E-state index contributed by atoms with van der Waals surface area (Å²) in [6.07, 6.45) is 7.45. The van der Waals surface area contributed by atoms with E-state index in [0.29, 0.717) is 6.61 Å². The number of nitrogens with zero attached hydrogens (tertiary/aromatic N) is 5. The van der Waals surface area contributed by atoms with E-state index in [2.05, 4.69) is 25.2 Å². The van der Waals surface area contributed by atoms with E-state index < -0.39 is 0 Å². The molecule has 7 heteroatoms. The molecule has 6 nitrogen and oxygen atoms in total. The first-order valence-corrected chi connectivity index (χ1v) is 7.75. The number of morpholine rings is 1. The van der Waals surface area contributed by atoms with Gasteiger partial charge in [-0.15, -0.1) is 11.3 Å². The van der Waals surface area contributed by atoms with Gasteiger partial charge in [-0.3, -0.25) is 0 Å². The van der Waals surface area contributed by atoms with Crippen LogP contribution in [0.15, 0.2) is 30.2 Å². The van der Waals surface area contributed by atoms with Gasteiger partial charge in [0.2, 0.25) is 0 Å². The summed E-state index contributed by atoms with van der Waals surface area (Å²) in [6, 6.07) is 0. The molecule has 0 aromatic carbocycles. The van der Waals surface area contributed by atoms with Gasteiger partial charge in [-0.1, -0.05) is 0 Å². The minimum Gasteiger partial charge on any atom is -0.367 e. The van der Waals surface area contributed by atoms with E-state index in [9.17, 15) is 0 Å². The topological polar surface area (TPSA) is 55.6 Å². The Hall–Kier alpha value is -1.99. The van der Waals surface area contributed by atoms with Crippen LogP contribution in [0.4, 0.5) is 5.82 Å². The van der Waals surface area contributed by atoms with E-state index in [4.69, 9.17) is 4.74 Å². The number of imidazole rings is 1. The summed E-state index contributed by atoms with van der Waals surface area (Å²) >= 11 is 1.65. The van der Waals surface area contributed by atoms with Crippen LogP contribution >= 0.6 is 11.3 Å². The standard InChI is InChI=1S/C14H15N5OS/c1-10-9-21-14(17-10)11-8-19(6-7-20-11)13-12-15-2-4-18(12)5-3-16-13/h2-5,9,11H,6-8H2,1H3. The second-order valence-electron chi connectivity index (χ2n) is 5.04. The van der Waals surface area contributed by atoms with Crippen LogP contribution in [-0.4, -0.2) is 39.0 Å². The van der Waals surface area contributed by atoms with Gasteiger partial charge in [-0.2, -0.15) is 0 Å². The highest BCUT2D eigenvalue weighted by Gasteiger charge is 2.26. The zero-order chi connectivity index (χ0) is 14.2. The molecule has 21 heavy (non-hydrogen) atoms. The Morgan fingerprint density at radius 1 is 1.29 bits per heavy atom. The summed E-state index contributed by atoms with van der Waals surface area (Å²) in [5.74, 6) is 0.907. The molecule has 4 rings (SSSR count). The smallest absolute Gasteiger partial charge is 0.180 e. The molecule has 3 aromatic heterocycles. The summed E-state index contributed by atoms with van der Waals surface area (Å²) in [5.41, 5.74) is 1.93. The molecule has 1 atom stereocenters. The molecule has 1 aliphatic rings. The van der Waals surface area contributed by atoms with Gasteiger partial charge >= 0.3 is 0 Å². The maximum Gasteiger partial charge on any atom is 0.180 e. The number of fused-ring (bicyclic) bond motifs is 1. The molecule has 0 aliphatic carbocycles. The lowest BCUT2D eigenvalue weighted by molar-refractivity contribution is 0.0394. The Bertz CT molecular complexity index is 767. The fourth-order valence-corrected chi connectivity index (χ4v) is 3.41. The minimum absolute atomic E-state index is 0.00877. The van der Waals surface area contributed by atoms with E-state index in [1.165, 1.54) is 0 Å². The van der Waals surface area contributed by atoms with Crippen LogP contribution in [-0.2, 0) is 4.74 Å². The maximum absolute atomic E-state index is 5.87. The van der Waals surface area contributed by atoms with Gasteiger partial charge in [0.1, 0.15) is 11.1 Å². The molecule has 1 fully saturated rings. The van der Waals surface area contributed by atoms with Crippen molar-refractivity contribution in [3.8, 4) is 0 Å². The van der Waals surface area contributed by atoms with Crippen molar-refractivity contribution in [2.24, 2.45) is 0 Å². The lowest BCUT2D eigenvalue weighted by Gasteiger charge is -2.32. The third-order valence-corrected chi connectivity index (χ3v) is 4.63. The van der Waals surface area contributed by atoms with Crippen molar-refractivity contribution in [2.45, 2.75) is 13.0 Å².